The Hall–Kier alpha value is -3.41. The van der Waals surface area contributed by atoms with Gasteiger partial charge < -0.3 is 14.2 Å². The smallest absolute Gasteiger partial charge is 0.316 e. The molecule has 2 heterocycles. The summed E-state index contributed by atoms with van der Waals surface area (Å²) >= 11 is 0. The third-order valence-corrected chi connectivity index (χ3v) is 6.47. The molecule has 1 unspecified atom stereocenters. The highest BCUT2D eigenvalue weighted by Gasteiger charge is 2.34. The van der Waals surface area contributed by atoms with Gasteiger partial charge in [-0.05, 0) is 37.0 Å². The molecular formula is C28H33N3O3. The van der Waals surface area contributed by atoms with Crippen molar-refractivity contribution >= 4 is 5.91 Å². The van der Waals surface area contributed by atoms with Crippen LogP contribution in [0.2, 0.25) is 0 Å². The van der Waals surface area contributed by atoms with Gasteiger partial charge in [0.25, 0.3) is 5.91 Å². The van der Waals surface area contributed by atoms with Crippen molar-refractivity contribution < 1.29 is 9.53 Å². The summed E-state index contributed by atoms with van der Waals surface area (Å²) in [6, 6.07) is 18.4. The van der Waals surface area contributed by atoms with E-state index in [0.717, 1.165) is 29.5 Å². The van der Waals surface area contributed by atoms with Crippen LogP contribution in [0.1, 0.15) is 68.3 Å². The zero-order valence-electron chi connectivity index (χ0n) is 20.5. The van der Waals surface area contributed by atoms with Crippen molar-refractivity contribution in [3.63, 3.8) is 0 Å². The standard InChI is InChI=1S/C28H33N3O3/c1-5-6-18-34-25-24-28(33)30(19(2)3)16-17-31(24)26(29-27(25)32)20(4)22-14-10-11-15-23(22)21-12-8-7-9-13-21/h7-15,19-20H,5-6,16-18H2,1-4H3. The quantitative estimate of drug-likeness (QED) is 0.440. The second-order valence-electron chi connectivity index (χ2n) is 9.07. The summed E-state index contributed by atoms with van der Waals surface area (Å²) in [7, 11) is 0. The zero-order valence-corrected chi connectivity index (χ0v) is 20.5. The van der Waals surface area contributed by atoms with E-state index in [1.165, 1.54) is 0 Å². The van der Waals surface area contributed by atoms with Crippen LogP contribution >= 0.6 is 0 Å². The summed E-state index contributed by atoms with van der Waals surface area (Å²) in [5, 5.41) is 0. The van der Waals surface area contributed by atoms with E-state index in [0.29, 0.717) is 31.2 Å². The van der Waals surface area contributed by atoms with E-state index < -0.39 is 5.56 Å². The molecular weight excluding hydrogens is 426 g/mol. The van der Waals surface area contributed by atoms with Gasteiger partial charge in [-0.25, -0.2) is 0 Å². The predicted octanol–water partition coefficient (Wildman–Crippen LogP) is 5.11. The number of nitrogens with zero attached hydrogens (tertiary/aromatic N) is 3. The van der Waals surface area contributed by atoms with Crippen molar-refractivity contribution in [1.29, 1.82) is 0 Å². The highest BCUT2D eigenvalue weighted by atomic mass is 16.5. The molecule has 34 heavy (non-hydrogen) atoms. The SMILES string of the molecule is CCCCOc1c2n(c(C(C)c3ccccc3-c3ccccc3)nc1=O)CCN(C(C)C)C2=O. The van der Waals surface area contributed by atoms with Crippen LogP contribution in [0.3, 0.4) is 0 Å². The summed E-state index contributed by atoms with van der Waals surface area (Å²) < 4.78 is 7.78. The molecule has 0 fully saturated rings. The maximum atomic E-state index is 13.5. The highest BCUT2D eigenvalue weighted by Crippen LogP contribution is 2.34. The molecule has 0 saturated heterocycles. The molecule has 1 atom stereocenters. The van der Waals surface area contributed by atoms with Gasteiger partial charge in [0.1, 0.15) is 5.82 Å². The molecule has 0 N–H and O–H groups in total. The van der Waals surface area contributed by atoms with E-state index in [1.54, 1.807) is 4.90 Å². The number of ether oxygens (including phenoxy) is 1. The molecule has 1 aromatic heterocycles. The van der Waals surface area contributed by atoms with Crippen molar-refractivity contribution in [3.8, 4) is 16.9 Å². The lowest BCUT2D eigenvalue weighted by Gasteiger charge is -2.35. The Morgan fingerprint density at radius 2 is 1.68 bits per heavy atom. The number of benzene rings is 2. The number of carbonyl (C=O) groups excluding carboxylic acids is 1. The fourth-order valence-electron chi connectivity index (χ4n) is 4.60. The van der Waals surface area contributed by atoms with Crippen molar-refractivity contribution in [2.24, 2.45) is 0 Å². The Balaban J connectivity index is 1.86. The van der Waals surface area contributed by atoms with Gasteiger partial charge in [-0.2, -0.15) is 4.98 Å². The van der Waals surface area contributed by atoms with Crippen molar-refractivity contribution in [2.45, 2.75) is 59.0 Å². The first-order chi connectivity index (χ1) is 16.4. The molecule has 0 bridgehead atoms. The zero-order chi connectivity index (χ0) is 24.2. The highest BCUT2D eigenvalue weighted by molar-refractivity contribution is 5.96. The lowest BCUT2D eigenvalue weighted by molar-refractivity contribution is 0.0634. The van der Waals surface area contributed by atoms with Crippen LogP contribution in [0.15, 0.2) is 59.4 Å². The average Bonchev–Trinajstić information content (AvgIpc) is 2.85. The normalized spacial score (nSPS) is 14.3. The Morgan fingerprint density at radius 1 is 0.971 bits per heavy atom. The van der Waals surface area contributed by atoms with Gasteiger partial charge in [0.15, 0.2) is 5.69 Å². The summed E-state index contributed by atoms with van der Waals surface area (Å²) in [6.45, 7) is 9.62. The Morgan fingerprint density at radius 3 is 2.38 bits per heavy atom. The Labute approximate surface area is 201 Å². The van der Waals surface area contributed by atoms with Crippen LogP contribution in [0.4, 0.5) is 0 Å². The first-order valence-corrected chi connectivity index (χ1v) is 12.2. The number of carbonyl (C=O) groups is 1. The molecule has 1 aliphatic heterocycles. The molecule has 0 aliphatic carbocycles. The van der Waals surface area contributed by atoms with Gasteiger partial charge in [0.2, 0.25) is 5.75 Å². The number of unbranched alkanes of at least 4 members (excludes halogenated alkanes) is 1. The van der Waals surface area contributed by atoms with Gasteiger partial charge in [0, 0.05) is 25.0 Å². The lowest BCUT2D eigenvalue weighted by atomic mass is 9.90. The first kappa shape index (κ1) is 23.7. The average molecular weight is 460 g/mol. The van der Waals surface area contributed by atoms with Gasteiger partial charge in [-0.3, -0.25) is 9.59 Å². The number of hydrogen-bond acceptors (Lipinski definition) is 4. The second-order valence-corrected chi connectivity index (χ2v) is 9.07. The molecule has 178 valence electrons. The molecule has 0 radical (unpaired) electrons. The lowest BCUT2D eigenvalue weighted by Crippen LogP contribution is -2.47. The third-order valence-electron chi connectivity index (χ3n) is 6.47. The molecule has 1 amide bonds. The summed E-state index contributed by atoms with van der Waals surface area (Å²) in [6.07, 6.45) is 1.75. The van der Waals surface area contributed by atoms with Gasteiger partial charge in [-0.15, -0.1) is 0 Å². The van der Waals surface area contributed by atoms with Crippen molar-refractivity contribution in [2.75, 3.05) is 13.2 Å². The minimum atomic E-state index is -0.472. The van der Waals surface area contributed by atoms with Crippen LogP contribution in [-0.2, 0) is 6.54 Å². The Bertz CT molecular complexity index is 1220. The monoisotopic (exact) mass is 459 g/mol. The van der Waals surface area contributed by atoms with Gasteiger partial charge in [-0.1, -0.05) is 74.9 Å². The minimum absolute atomic E-state index is 0.0349. The number of amides is 1. The summed E-state index contributed by atoms with van der Waals surface area (Å²) in [5.41, 5.74) is 3.12. The van der Waals surface area contributed by atoms with Gasteiger partial charge in [0.05, 0.1) is 6.61 Å². The summed E-state index contributed by atoms with van der Waals surface area (Å²) in [5.74, 6) is 0.321. The fourth-order valence-corrected chi connectivity index (χ4v) is 4.60. The molecule has 3 aromatic rings. The first-order valence-electron chi connectivity index (χ1n) is 12.2. The van der Waals surface area contributed by atoms with E-state index in [9.17, 15) is 9.59 Å². The number of aromatic nitrogens is 2. The molecule has 2 aromatic carbocycles. The molecule has 6 heteroatoms. The van der Waals surface area contributed by atoms with Crippen LogP contribution in [-0.4, -0.2) is 39.6 Å². The van der Waals surface area contributed by atoms with Crippen LogP contribution < -0.4 is 10.3 Å². The maximum absolute atomic E-state index is 13.5. The largest absolute Gasteiger partial charge is 0.486 e. The van der Waals surface area contributed by atoms with E-state index >= 15 is 0 Å². The number of hydrogen-bond donors (Lipinski definition) is 0. The molecule has 1 aliphatic rings. The number of fused-ring (bicyclic) bond motifs is 1. The topological polar surface area (TPSA) is 64.4 Å². The van der Waals surface area contributed by atoms with E-state index in [-0.39, 0.29) is 23.6 Å². The third kappa shape index (κ3) is 4.49. The van der Waals surface area contributed by atoms with E-state index in [1.807, 2.05) is 55.7 Å². The molecule has 0 spiro atoms. The molecule has 4 rings (SSSR count). The van der Waals surface area contributed by atoms with Crippen LogP contribution in [0.5, 0.6) is 5.75 Å². The van der Waals surface area contributed by atoms with Crippen molar-refractivity contribution in [3.05, 3.63) is 82.0 Å². The predicted molar refractivity (Wildman–Crippen MR) is 134 cm³/mol. The minimum Gasteiger partial charge on any atom is -0.486 e. The number of rotatable bonds is 8. The van der Waals surface area contributed by atoms with Crippen molar-refractivity contribution in [1.82, 2.24) is 14.5 Å². The van der Waals surface area contributed by atoms with Crippen LogP contribution in [0, 0.1) is 0 Å². The Kier molecular flexibility index (Phi) is 7.15. The fraction of sp³-hybridized carbons (Fsp3) is 0.393. The van der Waals surface area contributed by atoms with E-state index in [2.05, 4.69) is 36.2 Å². The molecule has 0 saturated carbocycles. The maximum Gasteiger partial charge on any atom is 0.316 e. The van der Waals surface area contributed by atoms with Gasteiger partial charge >= 0.3 is 5.56 Å². The van der Waals surface area contributed by atoms with Crippen LogP contribution in [0.25, 0.3) is 11.1 Å². The van der Waals surface area contributed by atoms with E-state index in [4.69, 9.17) is 4.74 Å². The summed E-state index contributed by atoms with van der Waals surface area (Å²) in [4.78, 5) is 33.0. The molecule has 6 nitrogen and oxygen atoms in total. The second kappa shape index (κ2) is 10.2.